The van der Waals surface area contributed by atoms with E-state index in [-0.39, 0.29) is 18.3 Å². The highest BCUT2D eigenvalue weighted by Crippen LogP contribution is 2.15. The maximum Gasteiger partial charge on any atom is 0.257 e. The maximum absolute atomic E-state index is 12.4. The SMILES string of the molecule is CC(C)N(CCNC(=O)COc1ccc(C(=O)c2ccccc2)cc1)C(C)C. The number of benzene rings is 2. The lowest BCUT2D eigenvalue weighted by atomic mass is 10.0. The molecule has 1 amide bonds. The Morgan fingerprint density at radius 2 is 1.46 bits per heavy atom. The molecule has 28 heavy (non-hydrogen) atoms. The second-order valence-corrected chi connectivity index (χ2v) is 7.28. The molecule has 0 aliphatic carbocycles. The summed E-state index contributed by atoms with van der Waals surface area (Å²) in [7, 11) is 0. The van der Waals surface area contributed by atoms with Gasteiger partial charge in [-0.15, -0.1) is 0 Å². The molecule has 0 fully saturated rings. The Hall–Kier alpha value is -2.66. The molecule has 0 atom stereocenters. The lowest BCUT2D eigenvalue weighted by Crippen LogP contribution is -2.43. The van der Waals surface area contributed by atoms with Gasteiger partial charge in [0.1, 0.15) is 5.75 Å². The summed E-state index contributed by atoms with van der Waals surface area (Å²) in [5.41, 5.74) is 1.23. The third-order valence-electron chi connectivity index (χ3n) is 4.54. The highest BCUT2D eigenvalue weighted by molar-refractivity contribution is 6.08. The summed E-state index contributed by atoms with van der Waals surface area (Å²) in [4.78, 5) is 26.7. The molecular weight excluding hydrogens is 352 g/mol. The van der Waals surface area contributed by atoms with Gasteiger partial charge >= 0.3 is 0 Å². The van der Waals surface area contributed by atoms with Gasteiger partial charge < -0.3 is 10.1 Å². The van der Waals surface area contributed by atoms with Crippen LogP contribution in [0.15, 0.2) is 54.6 Å². The van der Waals surface area contributed by atoms with Gasteiger partial charge in [-0.05, 0) is 52.0 Å². The number of rotatable bonds is 10. The van der Waals surface area contributed by atoms with Crippen LogP contribution >= 0.6 is 0 Å². The Balaban J connectivity index is 1.78. The van der Waals surface area contributed by atoms with Crippen molar-refractivity contribution in [2.24, 2.45) is 0 Å². The lowest BCUT2D eigenvalue weighted by molar-refractivity contribution is -0.123. The van der Waals surface area contributed by atoms with Crippen molar-refractivity contribution >= 4 is 11.7 Å². The molecule has 5 nitrogen and oxygen atoms in total. The van der Waals surface area contributed by atoms with Crippen LogP contribution in [0.1, 0.15) is 43.6 Å². The van der Waals surface area contributed by atoms with Crippen molar-refractivity contribution in [2.75, 3.05) is 19.7 Å². The minimum absolute atomic E-state index is 0.0373. The number of ether oxygens (including phenoxy) is 1. The first-order valence-corrected chi connectivity index (χ1v) is 9.73. The molecule has 0 heterocycles. The van der Waals surface area contributed by atoms with Crippen molar-refractivity contribution in [1.29, 1.82) is 0 Å². The average molecular weight is 383 g/mol. The minimum atomic E-state index is -0.156. The summed E-state index contributed by atoms with van der Waals surface area (Å²) in [6.07, 6.45) is 0. The van der Waals surface area contributed by atoms with Crippen LogP contribution in [0.3, 0.4) is 0 Å². The Morgan fingerprint density at radius 3 is 2.04 bits per heavy atom. The number of carbonyl (C=O) groups is 2. The van der Waals surface area contributed by atoms with Gasteiger partial charge in [-0.1, -0.05) is 30.3 Å². The summed E-state index contributed by atoms with van der Waals surface area (Å²) in [6, 6.07) is 16.9. The summed E-state index contributed by atoms with van der Waals surface area (Å²) < 4.78 is 5.52. The van der Waals surface area contributed by atoms with E-state index < -0.39 is 0 Å². The van der Waals surface area contributed by atoms with E-state index in [2.05, 4.69) is 37.9 Å². The predicted octanol–water partition coefficient (Wildman–Crippen LogP) is 3.53. The van der Waals surface area contributed by atoms with E-state index in [1.807, 2.05) is 18.2 Å². The van der Waals surface area contributed by atoms with Crippen LogP contribution in [-0.2, 0) is 4.79 Å². The van der Waals surface area contributed by atoms with Crippen molar-refractivity contribution < 1.29 is 14.3 Å². The van der Waals surface area contributed by atoms with Crippen LogP contribution in [0.4, 0.5) is 0 Å². The molecule has 0 aromatic heterocycles. The van der Waals surface area contributed by atoms with E-state index in [9.17, 15) is 9.59 Å². The average Bonchev–Trinajstić information content (AvgIpc) is 2.69. The zero-order valence-electron chi connectivity index (χ0n) is 17.1. The maximum atomic E-state index is 12.4. The highest BCUT2D eigenvalue weighted by atomic mass is 16.5. The van der Waals surface area contributed by atoms with Crippen LogP contribution in [0.25, 0.3) is 0 Å². The molecule has 150 valence electrons. The van der Waals surface area contributed by atoms with Crippen molar-refractivity contribution in [2.45, 2.75) is 39.8 Å². The van der Waals surface area contributed by atoms with Gasteiger partial charge in [0.15, 0.2) is 12.4 Å². The molecule has 0 saturated carbocycles. The molecule has 2 aromatic rings. The van der Waals surface area contributed by atoms with Gasteiger partial charge in [0.2, 0.25) is 0 Å². The van der Waals surface area contributed by atoms with Gasteiger partial charge in [0, 0.05) is 36.3 Å². The van der Waals surface area contributed by atoms with Gasteiger partial charge in [0.25, 0.3) is 5.91 Å². The molecule has 2 aromatic carbocycles. The van der Waals surface area contributed by atoms with Gasteiger partial charge in [0.05, 0.1) is 0 Å². The third kappa shape index (κ3) is 6.50. The summed E-state index contributed by atoms with van der Waals surface area (Å²) >= 11 is 0. The summed E-state index contributed by atoms with van der Waals surface area (Å²) in [5.74, 6) is 0.368. The van der Waals surface area contributed by atoms with Crippen LogP contribution in [-0.4, -0.2) is 48.4 Å². The molecule has 0 spiro atoms. The lowest BCUT2D eigenvalue weighted by Gasteiger charge is -2.30. The number of hydrogen-bond donors (Lipinski definition) is 1. The Bertz CT molecular complexity index is 747. The fraction of sp³-hybridized carbons (Fsp3) is 0.391. The number of ketones is 1. The van der Waals surface area contributed by atoms with E-state index >= 15 is 0 Å². The second-order valence-electron chi connectivity index (χ2n) is 7.28. The predicted molar refractivity (Wildman–Crippen MR) is 112 cm³/mol. The molecule has 0 unspecified atom stereocenters. The van der Waals surface area contributed by atoms with E-state index in [4.69, 9.17) is 4.74 Å². The molecule has 0 bridgehead atoms. The molecular formula is C23H30N2O3. The van der Waals surface area contributed by atoms with Crippen LogP contribution in [0.5, 0.6) is 5.75 Å². The topological polar surface area (TPSA) is 58.6 Å². The van der Waals surface area contributed by atoms with Gasteiger partial charge in [-0.2, -0.15) is 0 Å². The van der Waals surface area contributed by atoms with Crippen LogP contribution in [0, 0.1) is 0 Å². The standard InChI is InChI=1S/C23H30N2O3/c1-17(2)25(18(3)4)15-14-24-22(26)16-28-21-12-10-20(11-13-21)23(27)19-8-6-5-7-9-19/h5-13,17-18H,14-16H2,1-4H3,(H,24,26). The normalized spacial score (nSPS) is 11.1. The molecule has 0 aliphatic heterocycles. The van der Waals surface area contributed by atoms with Crippen molar-refractivity contribution in [3.05, 3.63) is 65.7 Å². The monoisotopic (exact) mass is 382 g/mol. The molecule has 5 heteroatoms. The van der Waals surface area contributed by atoms with Gasteiger partial charge in [-0.25, -0.2) is 0 Å². The second kappa shape index (κ2) is 10.6. The summed E-state index contributed by atoms with van der Waals surface area (Å²) in [6.45, 7) is 9.94. The first-order chi connectivity index (χ1) is 13.4. The van der Waals surface area contributed by atoms with Gasteiger partial charge in [-0.3, -0.25) is 14.5 Å². The molecule has 1 N–H and O–H groups in total. The molecule has 0 saturated heterocycles. The smallest absolute Gasteiger partial charge is 0.257 e. The third-order valence-corrected chi connectivity index (χ3v) is 4.54. The molecule has 0 radical (unpaired) electrons. The first kappa shape index (κ1) is 21.6. The Kier molecular flexibility index (Phi) is 8.20. The fourth-order valence-electron chi connectivity index (χ4n) is 3.10. The number of amides is 1. The summed E-state index contributed by atoms with van der Waals surface area (Å²) in [5, 5.41) is 2.88. The number of nitrogens with one attached hydrogen (secondary N) is 1. The molecule has 2 rings (SSSR count). The first-order valence-electron chi connectivity index (χ1n) is 9.73. The van der Waals surface area contributed by atoms with Crippen LogP contribution < -0.4 is 10.1 Å². The Morgan fingerprint density at radius 1 is 0.893 bits per heavy atom. The van der Waals surface area contributed by atoms with E-state index in [1.165, 1.54) is 0 Å². The van der Waals surface area contributed by atoms with Crippen LogP contribution in [0.2, 0.25) is 0 Å². The van der Waals surface area contributed by atoms with E-state index in [0.29, 0.717) is 35.5 Å². The van der Waals surface area contributed by atoms with Crippen molar-refractivity contribution in [3.63, 3.8) is 0 Å². The Labute approximate surface area is 167 Å². The fourth-order valence-corrected chi connectivity index (χ4v) is 3.10. The largest absolute Gasteiger partial charge is 0.484 e. The van der Waals surface area contributed by atoms with Crippen molar-refractivity contribution in [1.82, 2.24) is 10.2 Å². The molecule has 0 aliphatic rings. The van der Waals surface area contributed by atoms with E-state index in [1.54, 1.807) is 36.4 Å². The quantitative estimate of drug-likeness (QED) is 0.639. The number of nitrogens with zero attached hydrogens (tertiary/aromatic N) is 1. The minimum Gasteiger partial charge on any atom is -0.484 e. The zero-order chi connectivity index (χ0) is 20.5. The van der Waals surface area contributed by atoms with E-state index in [0.717, 1.165) is 6.54 Å². The van der Waals surface area contributed by atoms with Crippen molar-refractivity contribution in [3.8, 4) is 5.75 Å². The highest BCUT2D eigenvalue weighted by Gasteiger charge is 2.13. The zero-order valence-corrected chi connectivity index (χ0v) is 17.1. The number of carbonyl (C=O) groups excluding carboxylic acids is 2. The number of hydrogen-bond acceptors (Lipinski definition) is 4.